The summed E-state index contributed by atoms with van der Waals surface area (Å²) in [5, 5.41) is 8.68. The number of ether oxygens (including phenoxy) is 2. The number of rotatable bonds is 4. The summed E-state index contributed by atoms with van der Waals surface area (Å²) in [6.45, 7) is 1.34. The van der Waals surface area contributed by atoms with Gasteiger partial charge in [-0.15, -0.1) is 0 Å². The van der Waals surface area contributed by atoms with E-state index in [-0.39, 0.29) is 13.0 Å². The zero-order valence-corrected chi connectivity index (χ0v) is 8.24. The zero-order valence-electron chi connectivity index (χ0n) is 8.24. The minimum Gasteiger partial charge on any atom is -0.396 e. The molecular formula is C8H14BF2O3. The Balaban J connectivity index is 2.74. The Hall–Kier alpha value is -0.195. The average Bonchev–Trinajstić information content (AvgIpc) is 2.37. The first-order valence-electron chi connectivity index (χ1n) is 4.54. The van der Waals surface area contributed by atoms with Gasteiger partial charge in [0.25, 0.3) is 5.92 Å². The molecule has 1 rings (SSSR count). The van der Waals surface area contributed by atoms with Gasteiger partial charge in [-0.25, -0.2) is 8.78 Å². The molecule has 1 heterocycles. The van der Waals surface area contributed by atoms with Gasteiger partial charge in [0.05, 0.1) is 12.1 Å². The zero-order chi connectivity index (χ0) is 10.8. The third-order valence-electron chi connectivity index (χ3n) is 2.39. The SMILES string of the molecule is C[B][C@@H]1O[C@H](CCO)C(OC)C1(F)F. The number of aliphatic hydroxyl groups is 1. The second-order valence-electron chi connectivity index (χ2n) is 3.27. The highest BCUT2D eigenvalue weighted by Gasteiger charge is 2.57. The van der Waals surface area contributed by atoms with E-state index in [1.54, 1.807) is 0 Å². The maximum Gasteiger partial charge on any atom is 0.293 e. The fourth-order valence-electron chi connectivity index (χ4n) is 1.72. The van der Waals surface area contributed by atoms with Gasteiger partial charge in [-0.2, -0.15) is 0 Å². The predicted molar refractivity (Wildman–Crippen MR) is 47.7 cm³/mol. The van der Waals surface area contributed by atoms with Crippen molar-refractivity contribution in [3.8, 4) is 0 Å². The van der Waals surface area contributed by atoms with Gasteiger partial charge in [-0.3, -0.25) is 0 Å². The van der Waals surface area contributed by atoms with Gasteiger partial charge < -0.3 is 14.6 Å². The molecule has 0 aromatic rings. The van der Waals surface area contributed by atoms with E-state index in [4.69, 9.17) is 14.6 Å². The summed E-state index contributed by atoms with van der Waals surface area (Å²) in [4.78, 5) is 0. The molecule has 1 aliphatic heterocycles. The van der Waals surface area contributed by atoms with Crippen molar-refractivity contribution in [3.05, 3.63) is 0 Å². The molecule has 0 aromatic carbocycles. The Morgan fingerprint density at radius 1 is 1.57 bits per heavy atom. The second-order valence-corrected chi connectivity index (χ2v) is 3.27. The summed E-state index contributed by atoms with van der Waals surface area (Å²) in [5.41, 5.74) is 0. The van der Waals surface area contributed by atoms with Crippen molar-refractivity contribution >= 4 is 7.28 Å². The van der Waals surface area contributed by atoms with Crippen LogP contribution in [0.5, 0.6) is 0 Å². The summed E-state index contributed by atoms with van der Waals surface area (Å²) in [6, 6.07) is -1.22. The average molecular weight is 207 g/mol. The standard InChI is InChI=1S/C8H14BF2O3/c1-9-7-8(10,11)6(13-2)5(14-7)3-4-12/h5-7,12H,3-4H2,1-2H3/t5-,6?,7-/m1/s1. The quantitative estimate of drug-likeness (QED) is 0.682. The monoisotopic (exact) mass is 207 g/mol. The minimum absolute atomic E-state index is 0.165. The van der Waals surface area contributed by atoms with Crippen molar-refractivity contribution in [2.45, 2.75) is 37.4 Å². The van der Waals surface area contributed by atoms with E-state index in [0.717, 1.165) is 0 Å². The van der Waals surface area contributed by atoms with Crippen LogP contribution < -0.4 is 0 Å². The Bertz CT molecular complexity index is 191. The Morgan fingerprint density at radius 3 is 2.64 bits per heavy atom. The lowest BCUT2D eigenvalue weighted by atomic mass is 9.71. The van der Waals surface area contributed by atoms with Crippen molar-refractivity contribution in [1.82, 2.24) is 0 Å². The van der Waals surface area contributed by atoms with E-state index in [9.17, 15) is 8.78 Å². The second kappa shape index (κ2) is 4.55. The van der Waals surface area contributed by atoms with Crippen LogP contribution in [-0.2, 0) is 9.47 Å². The summed E-state index contributed by atoms with van der Waals surface area (Å²) in [7, 11) is 2.54. The smallest absolute Gasteiger partial charge is 0.293 e. The normalized spacial score (nSPS) is 35.9. The highest BCUT2D eigenvalue weighted by atomic mass is 19.3. The molecule has 1 N–H and O–H groups in total. The molecule has 81 valence electrons. The molecule has 1 saturated heterocycles. The summed E-state index contributed by atoms with van der Waals surface area (Å²) in [6.07, 6.45) is -1.84. The third-order valence-corrected chi connectivity index (χ3v) is 2.39. The van der Waals surface area contributed by atoms with Crippen LogP contribution >= 0.6 is 0 Å². The topological polar surface area (TPSA) is 38.7 Å². The molecule has 0 aromatic heterocycles. The van der Waals surface area contributed by atoms with E-state index in [2.05, 4.69) is 0 Å². The van der Waals surface area contributed by atoms with E-state index in [0.29, 0.717) is 0 Å². The van der Waals surface area contributed by atoms with Crippen LogP contribution in [0.3, 0.4) is 0 Å². The lowest BCUT2D eigenvalue weighted by Crippen LogP contribution is -2.43. The van der Waals surface area contributed by atoms with E-state index < -0.39 is 24.1 Å². The maximum absolute atomic E-state index is 13.5. The van der Waals surface area contributed by atoms with Crippen LogP contribution in [-0.4, -0.2) is 50.2 Å². The van der Waals surface area contributed by atoms with Crippen molar-refractivity contribution in [2.24, 2.45) is 0 Å². The summed E-state index contributed by atoms with van der Waals surface area (Å²) < 4.78 is 36.8. The van der Waals surface area contributed by atoms with Crippen molar-refractivity contribution in [3.63, 3.8) is 0 Å². The number of hydrogen-bond donors (Lipinski definition) is 1. The third kappa shape index (κ3) is 1.92. The van der Waals surface area contributed by atoms with Gasteiger partial charge in [0.2, 0.25) is 0 Å². The van der Waals surface area contributed by atoms with Gasteiger partial charge in [0.1, 0.15) is 6.10 Å². The van der Waals surface area contributed by atoms with Gasteiger partial charge in [0, 0.05) is 13.7 Å². The molecule has 0 amide bonds. The molecule has 0 saturated carbocycles. The summed E-state index contributed by atoms with van der Waals surface area (Å²) >= 11 is 0. The first kappa shape index (κ1) is 11.9. The molecule has 1 radical (unpaired) electrons. The lowest BCUT2D eigenvalue weighted by Gasteiger charge is -2.21. The molecule has 0 bridgehead atoms. The van der Waals surface area contributed by atoms with Crippen LogP contribution in [0.25, 0.3) is 0 Å². The molecule has 1 aliphatic rings. The molecule has 1 unspecified atom stereocenters. The van der Waals surface area contributed by atoms with Crippen LogP contribution in [0.15, 0.2) is 0 Å². The van der Waals surface area contributed by atoms with Crippen molar-refractivity contribution in [2.75, 3.05) is 13.7 Å². The molecule has 6 heteroatoms. The lowest BCUT2D eigenvalue weighted by molar-refractivity contribution is -0.107. The fraction of sp³-hybridized carbons (Fsp3) is 1.00. The van der Waals surface area contributed by atoms with Crippen LogP contribution in [0.1, 0.15) is 6.42 Å². The molecule has 1 fully saturated rings. The molecule has 3 atom stereocenters. The van der Waals surface area contributed by atoms with E-state index in [1.807, 2.05) is 0 Å². The number of alkyl halides is 2. The van der Waals surface area contributed by atoms with Crippen LogP contribution in [0, 0.1) is 0 Å². The van der Waals surface area contributed by atoms with Crippen LogP contribution in [0.2, 0.25) is 6.82 Å². The summed E-state index contributed by atoms with van der Waals surface area (Å²) in [5.74, 6) is -3.01. The van der Waals surface area contributed by atoms with Crippen LogP contribution in [0.4, 0.5) is 8.78 Å². The number of hydrogen-bond acceptors (Lipinski definition) is 3. The predicted octanol–water partition coefficient (Wildman–Crippen LogP) is 0.496. The first-order chi connectivity index (χ1) is 6.57. The molecule has 0 aliphatic carbocycles. The molecule has 14 heavy (non-hydrogen) atoms. The van der Waals surface area contributed by atoms with E-state index >= 15 is 0 Å². The van der Waals surface area contributed by atoms with Gasteiger partial charge >= 0.3 is 0 Å². The maximum atomic E-state index is 13.5. The highest BCUT2D eigenvalue weighted by molar-refractivity contribution is 6.35. The van der Waals surface area contributed by atoms with Gasteiger partial charge in [-0.05, 0) is 6.42 Å². The van der Waals surface area contributed by atoms with Gasteiger partial charge in [-0.1, -0.05) is 6.82 Å². The fourth-order valence-corrected chi connectivity index (χ4v) is 1.72. The number of methoxy groups -OCH3 is 1. The van der Waals surface area contributed by atoms with Crippen molar-refractivity contribution < 1.29 is 23.4 Å². The van der Waals surface area contributed by atoms with Crippen molar-refractivity contribution in [1.29, 1.82) is 0 Å². The van der Waals surface area contributed by atoms with Gasteiger partial charge in [0.15, 0.2) is 7.28 Å². The Labute approximate surface area is 82.6 Å². The number of halogens is 2. The first-order valence-corrected chi connectivity index (χ1v) is 4.54. The largest absolute Gasteiger partial charge is 0.396 e. The molecular weight excluding hydrogens is 193 g/mol. The number of aliphatic hydroxyl groups excluding tert-OH is 1. The molecule has 3 nitrogen and oxygen atoms in total. The Morgan fingerprint density at radius 2 is 2.21 bits per heavy atom. The molecule has 0 spiro atoms. The minimum atomic E-state index is -3.01. The Kier molecular flexibility index (Phi) is 3.86. The van der Waals surface area contributed by atoms with E-state index in [1.165, 1.54) is 21.2 Å². The highest BCUT2D eigenvalue weighted by Crippen LogP contribution is 2.38.